The average Bonchev–Trinajstić information content (AvgIpc) is 2.35. The maximum absolute atomic E-state index is 13.6. The lowest BCUT2D eigenvalue weighted by Gasteiger charge is -2.34. The highest BCUT2D eigenvalue weighted by Crippen LogP contribution is 2.26. The fourth-order valence-corrected chi connectivity index (χ4v) is 4.01. The highest BCUT2D eigenvalue weighted by molar-refractivity contribution is 8.00. The quantitative estimate of drug-likeness (QED) is 0.389. The van der Waals surface area contributed by atoms with Gasteiger partial charge in [-0.2, -0.15) is 11.8 Å². The van der Waals surface area contributed by atoms with E-state index in [1.54, 1.807) is 6.07 Å². The average molecular weight is 297 g/mol. The van der Waals surface area contributed by atoms with Gasteiger partial charge >= 0.3 is 0 Å². The van der Waals surface area contributed by atoms with Crippen LogP contribution in [0.3, 0.4) is 0 Å². The first kappa shape index (κ1) is 15.1. The Hall–Kier alpha value is -1.27. The molecule has 2 atom stereocenters. The molecule has 1 fully saturated rings. The molecule has 0 aromatic heterocycles. The van der Waals surface area contributed by atoms with Crippen molar-refractivity contribution in [2.75, 3.05) is 13.1 Å². The van der Waals surface area contributed by atoms with E-state index in [2.05, 4.69) is 23.9 Å². The highest BCUT2D eigenvalue weighted by atomic mass is 32.2. The molecule has 1 aromatic rings. The topological polar surface area (TPSA) is 61.8 Å². The van der Waals surface area contributed by atoms with Crippen molar-refractivity contribution in [2.45, 2.75) is 30.9 Å². The predicted octanol–water partition coefficient (Wildman–Crippen LogP) is 2.25. The van der Waals surface area contributed by atoms with Gasteiger partial charge in [-0.3, -0.25) is 4.90 Å². The largest absolute Gasteiger partial charge is 0.409 e. The van der Waals surface area contributed by atoms with Crippen molar-refractivity contribution < 1.29 is 9.60 Å². The first-order chi connectivity index (χ1) is 9.47. The molecule has 0 amide bonds. The Bertz CT molecular complexity index is 499. The fraction of sp³-hybridized carbons (Fsp3) is 0.500. The molecule has 20 heavy (non-hydrogen) atoms. The maximum atomic E-state index is 13.6. The molecule has 3 N–H and O–H groups in total. The molecule has 0 radical (unpaired) electrons. The third-order valence-corrected chi connectivity index (χ3v) is 4.49. The smallest absolute Gasteiger partial charge is 0.170 e. The molecule has 1 heterocycles. The number of hydrogen-bond donors (Lipinski definition) is 2. The van der Waals surface area contributed by atoms with Gasteiger partial charge in [-0.05, 0) is 23.8 Å². The molecule has 2 unspecified atom stereocenters. The molecule has 1 aliphatic rings. The lowest BCUT2D eigenvalue weighted by molar-refractivity contribution is 0.262. The minimum atomic E-state index is -0.364. The summed E-state index contributed by atoms with van der Waals surface area (Å²) in [7, 11) is 0. The first-order valence-electron chi connectivity index (χ1n) is 6.63. The van der Waals surface area contributed by atoms with Crippen molar-refractivity contribution in [1.29, 1.82) is 0 Å². The van der Waals surface area contributed by atoms with Crippen molar-refractivity contribution >= 4 is 17.6 Å². The zero-order valence-corrected chi connectivity index (χ0v) is 12.5. The summed E-state index contributed by atoms with van der Waals surface area (Å²) in [4.78, 5) is 2.32. The number of nitrogens with two attached hydrogens (primary N) is 1. The van der Waals surface area contributed by atoms with Gasteiger partial charge in [-0.25, -0.2) is 4.39 Å². The summed E-state index contributed by atoms with van der Waals surface area (Å²) in [5.41, 5.74) is 6.78. The monoisotopic (exact) mass is 297 g/mol. The first-order valence-corrected chi connectivity index (χ1v) is 7.57. The van der Waals surface area contributed by atoms with Gasteiger partial charge in [-0.1, -0.05) is 19.0 Å². The van der Waals surface area contributed by atoms with E-state index >= 15 is 0 Å². The van der Waals surface area contributed by atoms with E-state index in [0.29, 0.717) is 22.6 Å². The van der Waals surface area contributed by atoms with Crippen LogP contribution >= 0.6 is 11.8 Å². The minimum Gasteiger partial charge on any atom is -0.409 e. The Labute approximate surface area is 122 Å². The van der Waals surface area contributed by atoms with Crippen molar-refractivity contribution in [3.05, 3.63) is 35.1 Å². The van der Waals surface area contributed by atoms with E-state index in [9.17, 15) is 4.39 Å². The number of halogens is 1. The van der Waals surface area contributed by atoms with Crippen molar-refractivity contribution in [3.8, 4) is 0 Å². The molecule has 4 nitrogen and oxygen atoms in total. The lowest BCUT2D eigenvalue weighted by Crippen LogP contribution is -2.39. The van der Waals surface area contributed by atoms with E-state index in [0.717, 1.165) is 18.7 Å². The van der Waals surface area contributed by atoms with E-state index in [1.165, 1.54) is 12.1 Å². The minimum absolute atomic E-state index is 0.0679. The van der Waals surface area contributed by atoms with Gasteiger partial charge in [0.15, 0.2) is 5.84 Å². The molecule has 0 saturated carbocycles. The molecule has 6 heteroatoms. The predicted molar refractivity (Wildman–Crippen MR) is 80.7 cm³/mol. The molecular formula is C14H20FN3OS. The normalized spacial score (nSPS) is 24.9. The van der Waals surface area contributed by atoms with E-state index in [1.807, 2.05) is 11.8 Å². The molecule has 2 rings (SSSR count). The zero-order valence-electron chi connectivity index (χ0n) is 11.7. The zero-order chi connectivity index (χ0) is 14.7. The van der Waals surface area contributed by atoms with Gasteiger partial charge in [0.05, 0.1) is 0 Å². The molecule has 1 aliphatic heterocycles. The van der Waals surface area contributed by atoms with E-state index in [4.69, 9.17) is 10.9 Å². The van der Waals surface area contributed by atoms with Crippen LogP contribution in [-0.2, 0) is 6.54 Å². The number of thioether (sulfide) groups is 1. The Balaban J connectivity index is 2.14. The number of oxime groups is 1. The Morgan fingerprint density at radius 2 is 2.05 bits per heavy atom. The Morgan fingerprint density at radius 1 is 1.40 bits per heavy atom. The number of benzene rings is 1. The SMILES string of the molecule is CC1CN(Cc2cc(F)cc(/C(N)=N/O)c2)CC(C)S1. The molecule has 0 aliphatic carbocycles. The van der Waals surface area contributed by atoms with Crippen molar-refractivity contribution in [2.24, 2.45) is 10.9 Å². The Morgan fingerprint density at radius 3 is 2.65 bits per heavy atom. The third kappa shape index (κ3) is 3.86. The van der Waals surface area contributed by atoms with Crippen LogP contribution in [0.25, 0.3) is 0 Å². The Kier molecular flexibility index (Phi) is 4.88. The summed E-state index contributed by atoms with van der Waals surface area (Å²) >= 11 is 1.98. The number of nitrogens with zero attached hydrogens (tertiary/aromatic N) is 2. The van der Waals surface area contributed by atoms with Crippen LogP contribution in [0, 0.1) is 5.82 Å². The van der Waals surface area contributed by atoms with Crippen LogP contribution in [0.4, 0.5) is 4.39 Å². The van der Waals surface area contributed by atoms with Crippen LogP contribution in [0.15, 0.2) is 23.4 Å². The van der Waals surface area contributed by atoms with Gasteiger partial charge in [-0.15, -0.1) is 0 Å². The molecule has 0 spiro atoms. The third-order valence-electron chi connectivity index (χ3n) is 3.26. The molecule has 1 saturated heterocycles. The summed E-state index contributed by atoms with van der Waals surface area (Å²) in [6.07, 6.45) is 0. The molecular weight excluding hydrogens is 277 g/mol. The van der Waals surface area contributed by atoms with Crippen LogP contribution < -0.4 is 5.73 Å². The van der Waals surface area contributed by atoms with Crippen LogP contribution in [-0.4, -0.2) is 39.5 Å². The van der Waals surface area contributed by atoms with E-state index in [-0.39, 0.29) is 11.7 Å². The van der Waals surface area contributed by atoms with Gasteiger partial charge in [0, 0.05) is 35.7 Å². The second-order valence-corrected chi connectivity index (χ2v) is 7.17. The van der Waals surface area contributed by atoms with E-state index < -0.39 is 0 Å². The lowest BCUT2D eigenvalue weighted by atomic mass is 10.1. The van der Waals surface area contributed by atoms with Crippen LogP contribution in [0.1, 0.15) is 25.0 Å². The standard InChI is InChI=1S/C14H20FN3OS/c1-9-6-18(7-10(2)20-9)8-11-3-12(14(16)17-19)5-13(15)4-11/h3-5,9-10,19H,6-8H2,1-2H3,(H2,16,17). The summed E-state index contributed by atoms with van der Waals surface area (Å²) in [5.74, 6) is -0.432. The second-order valence-electron chi connectivity index (χ2n) is 5.28. The van der Waals surface area contributed by atoms with Crippen molar-refractivity contribution in [1.82, 2.24) is 4.90 Å². The fourth-order valence-electron chi connectivity index (χ4n) is 2.62. The highest BCUT2D eigenvalue weighted by Gasteiger charge is 2.22. The number of amidine groups is 1. The summed E-state index contributed by atoms with van der Waals surface area (Å²) in [6, 6.07) is 4.55. The summed E-state index contributed by atoms with van der Waals surface area (Å²) in [5, 5.41) is 12.8. The van der Waals surface area contributed by atoms with Crippen LogP contribution in [0.5, 0.6) is 0 Å². The summed E-state index contributed by atoms with van der Waals surface area (Å²) < 4.78 is 13.6. The summed E-state index contributed by atoms with van der Waals surface area (Å²) in [6.45, 7) is 7.08. The van der Waals surface area contributed by atoms with Crippen LogP contribution in [0.2, 0.25) is 0 Å². The van der Waals surface area contributed by atoms with Gasteiger partial charge in [0.2, 0.25) is 0 Å². The van der Waals surface area contributed by atoms with Gasteiger partial charge in [0.1, 0.15) is 5.82 Å². The molecule has 1 aromatic carbocycles. The second kappa shape index (κ2) is 6.45. The number of hydrogen-bond acceptors (Lipinski definition) is 4. The van der Waals surface area contributed by atoms with Crippen molar-refractivity contribution in [3.63, 3.8) is 0 Å². The molecule has 0 bridgehead atoms. The van der Waals surface area contributed by atoms with Gasteiger partial charge < -0.3 is 10.9 Å². The maximum Gasteiger partial charge on any atom is 0.170 e. The number of rotatable bonds is 3. The van der Waals surface area contributed by atoms with Gasteiger partial charge in [0.25, 0.3) is 0 Å². The molecule has 110 valence electrons.